The number of rotatable bonds is 4. The molecule has 0 saturated heterocycles. The number of hydrogen-bond acceptors (Lipinski definition) is 4. The van der Waals surface area contributed by atoms with E-state index in [1.165, 1.54) is 11.8 Å². The summed E-state index contributed by atoms with van der Waals surface area (Å²) < 4.78 is 7.18. The van der Waals surface area contributed by atoms with Gasteiger partial charge >= 0.3 is 0 Å². The van der Waals surface area contributed by atoms with Crippen molar-refractivity contribution < 1.29 is 9.53 Å². The first kappa shape index (κ1) is 13.5. The molecular formula is C12H13BrN4O2. The SMILES string of the molecule is COc1c(Br)c(C(=O)NCc2cccnc2)nn1C. The smallest absolute Gasteiger partial charge is 0.273 e. The lowest BCUT2D eigenvalue weighted by Gasteiger charge is -2.03. The van der Waals surface area contributed by atoms with Crippen LogP contribution in [0.1, 0.15) is 16.1 Å². The van der Waals surface area contributed by atoms with E-state index in [4.69, 9.17) is 4.74 Å². The fraction of sp³-hybridized carbons (Fsp3) is 0.250. The third kappa shape index (κ3) is 2.93. The zero-order valence-corrected chi connectivity index (χ0v) is 12.1. The van der Waals surface area contributed by atoms with Crippen LogP contribution in [0.5, 0.6) is 5.88 Å². The second-order valence-corrected chi connectivity index (χ2v) is 4.63. The highest BCUT2D eigenvalue weighted by Crippen LogP contribution is 2.27. The van der Waals surface area contributed by atoms with E-state index in [2.05, 4.69) is 31.3 Å². The molecule has 0 aliphatic heterocycles. The summed E-state index contributed by atoms with van der Waals surface area (Å²) in [6.07, 6.45) is 3.39. The van der Waals surface area contributed by atoms with E-state index in [1.54, 1.807) is 19.4 Å². The normalized spacial score (nSPS) is 10.3. The van der Waals surface area contributed by atoms with E-state index in [0.717, 1.165) is 5.56 Å². The highest BCUT2D eigenvalue weighted by Gasteiger charge is 2.20. The first-order valence-corrected chi connectivity index (χ1v) is 6.36. The molecule has 1 amide bonds. The Labute approximate surface area is 118 Å². The lowest BCUT2D eigenvalue weighted by Crippen LogP contribution is -2.23. The Bertz CT molecular complexity index is 583. The van der Waals surface area contributed by atoms with Gasteiger partial charge < -0.3 is 10.1 Å². The first-order chi connectivity index (χ1) is 9.13. The van der Waals surface area contributed by atoms with Crippen molar-refractivity contribution in [3.05, 3.63) is 40.3 Å². The van der Waals surface area contributed by atoms with Crippen LogP contribution < -0.4 is 10.1 Å². The Morgan fingerprint density at radius 2 is 2.37 bits per heavy atom. The van der Waals surface area contributed by atoms with Crippen molar-refractivity contribution in [3.8, 4) is 5.88 Å². The summed E-state index contributed by atoms with van der Waals surface area (Å²) in [5.41, 5.74) is 1.22. The van der Waals surface area contributed by atoms with Gasteiger partial charge in [-0.3, -0.25) is 9.78 Å². The Kier molecular flexibility index (Phi) is 4.16. The van der Waals surface area contributed by atoms with Crippen molar-refractivity contribution >= 4 is 21.8 Å². The van der Waals surface area contributed by atoms with Crippen LogP contribution in [0, 0.1) is 0 Å². The molecule has 6 nitrogen and oxygen atoms in total. The third-order valence-corrected chi connectivity index (χ3v) is 3.24. The Morgan fingerprint density at radius 3 is 2.95 bits per heavy atom. The maximum absolute atomic E-state index is 12.0. The molecule has 100 valence electrons. The molecule has 0 aliphatic carbocycles. The molecular weight excluding hydrogens is 312 g/mol. The zero-order chi connectivity index (χ0) is 13.8. The second kappa shape index (κ2) is 5.83. The number of nitrogens with one attached hydrogen (secondary N) is 1. The Hall–Kier alpha value is -1.89. The number of aromatic nitrogens is 3. The van der Waals surface area contributed by atoms with Crippen molar-refractivity contribution in [1.29, 1.82) is 0 Å². The van der Waals surface area contributed by atoms with Gasteiger partial charge in [-0.15, -0.1) is 0 Å². The van der Waals surface area contributed by atoms with Crippen LogP contribution in [0.4, 0.5) is 0 Å². The molecule has 7 heteroatoms. The molecule has 0 saturated carbocycles. The van der Waals surface area contributed by atoms with Gasteiger partial charge in [0.1, 0.15) is 4.47 Å². The predicted molar refractivity (Wildman–Crippen MR) is 72.9 cm³/mol. The minimum Gasteiger partial charge on any atom is -0.480 e. The van der Waals surface area contributed by atoms with Crippen LogP contribution in [0.2, 0.25) is 0 Å². The fourth-order valence-corrected chi connectivity index (χ4v) is 2.30. The summed E-state index contributed by atoms with van der Waals surface area (Å²) in [6.45, 7) is 0.401. The minimum atomic E-state index is -0.269. The van der Waals surface area contributed by atoms with Gasteiger partial charge in [-0.05, 0) is 27.6 Å². The molecule has 0 aliphatic rings. The molecule has 0 spiro atoms. The number of hydrogen-bond donors (Lipinski definition) is 1. The fourth-order valence-electron chi connectivity index (χ4n) is 1.62. The molecule has 2 heterocycles. The van der Waals surface area contributed by atoms with Crippen molar-refractivity contribution in [2.45, 2.75) is 6.54 Å². The van der Waals surface area contributed by atoms with Crippen LogP contribution >= 0.6 is 15.9 Å². The molecule has 0 radical (unpaired) electrons. The highest BCUT2D eigenvalue weighted by atomic mass is 79.9. The molecule has 2 aromatic rings. The molecule has 0 atom stereocenters. The van der Waals surface area contributed by atoms with Gasteiger partial charge in [0, 0.05) is 26.0 Å². The van der Waals surface area contributed by atoms with Gasteiger partial charge in [0.2, 0.25) is 5.88 Å². The van der Waals surface area contributed by atoms with Crippen molar-refractivity contribution in [1.82, 2.24) is 20.1 Å². The number of pyridine rings is 1. The summed E-state index contributed by atoms with van der Waals surface area (Å²) in [5, 5.41) is 6.89. The van der Waals surface area contributed by atoms with Crippen molar-refractivity contribution in [2.75, 3.05) is 7.11 Å². The minimum absolute atomic E-state index is 0.269. The van der Waals surface area contributed by atoms with Gasteiger partial charge in [0.05, 0.1) is 7.11 Å². The number of ether oxygens (including phenoxy) is 1. The monoisotopic (exact) mass is 324 g/mol. The van der Waals surface area contributed by atoms with E-state index in [0.29, 0.717) is 22.6 Å². The van der Waals surface area contributed by atoms with E-state index < -0.39 is 0 Å². The number of amides is 1. The average Bonchev–Trinajstić information content (AvgIpc) is 2.72. The maximum Gasteiger partial charge on any atom is 0.273 e. The van der Waals surface area contributed by atoms with Gasteiger partial charge in [-0.1, -0.05) is 6.07 Å². The second-order valence-electron chi connectivity index (χ2n) is 3.84. The van der Waals surface area contributed by atoms with Crippen LogP contribution in [0.15, 0.2) is 29.0 Å². The van der Waals surface area contributed by atoms with E-state index in [-0.39, 0.29) is 5.91 Å². The summed E-state index contributed by atoms with van der Waals surface area (Å²) in [5.74, 6) is 0.237. The number of halogens is 1. The first-order valence-electron chi connectivity index (χ1n) is 5.57. The molecule has 1 N–H and O–H groups in total. The summed E-state index contributed by atoms with van der Waals surface area (Å²) >= 11 is 3.31. The zero-order valence-electron chi connectivity index (χ0n) is 10.6. The molecule has 0 aromatic carbocycles. The quantitative estimate of drug-likeness (QED) is 0.925. The molecule has 0 bridgehead atoms. The molecule has 0 unspecified atom stereocenters. The van der Waals surface area contributed by atoms with Gasteiger partial charge in [-0.25, -0.2) is 4.68 Å². The summed E-state index contributed by atoms with van der Waals surface area (Å²) in [4.78, 5) is 16.0. The lowest BCUT2D eigenvalue weighted by atomic mass is 10.3. The number of nitrogens with zero attached hydrogens (tertiary/aromatic N) is 3. The summed E-state index contributed by atoms with van der Waals surface area (Å²) in [6, 6.07) is 3.71. The number of carbonyl (C=O) groups excluding carboxylic acids is 1. The highest BCUT2D eigenvalue weighted by molar-refractivity contribution is 9.10. The van der Waals surface area contributed by atoms with E-state index in [1.807, 2.05) is 12.1 Å². The third-order valence-electron chi connectivity index (χ3n) is 2.52. The van der Waals surface area contributed by atoms with Crippen LogP contribution in [0.3, 0.4) is 0 Å². The van der Waals surface area contributed by atoms with E-state index >= 15 is 0 Å². The number of aryl methyl sites for hydroxylation is 1. The standard InChI is InChI=1S/C12H13BrN4O2/c1-17-12(19-2)9(13)10(16-17)11(18)15-7-8-4-3-5-14-6-8/h3-6H,7H2,1-2H3,(H,15,18). The van der Waals surface area contributed by atoms with Crippen molar-refractivity contribution in [3.63, 3.8) is 0 Å². The van der Waals surface area contributed by atoms with Crippen LogP contribution in [-0.4, -0.2) is 27.8 Å². The van der Waals surface area contributed by atoms with Crippen molar-refractivity contribution in [2.24, 2.45) is 7.05 Å². The number of methoxy groups -OCH3 is 1. The molecule has 19 heavy (non-hydrogen) atoms. The molecule has 2 aromatic heterocycles. The Morgan fingerprint density at radius 1 is 1.58 bits per heavy atom. The predicted octanol–water partition coefficient (Wildman–Crippen LogP) is 1.52. The van der Waals surface area contributed by atoms with Crippen LogP contribution in [-0.2, 0) is 13.6 Å². The van der Waals surface area contributed by atoms with Gasteiger partial charge in [0.15, 0.2) is 5.69 Å². The van der Waals surface area contributed by atoms with Crippen LogP contribution in [0.25, 0.3) is 0 Å². The summed E-state index contributed by atoms with van der Waals surface area (Å²) in [7, 11) is 3.24. The van der Waals surface area contributed by atoms with Gasteiger partial charge in [0.25, 0.3) is 5.91 Å². The molecule has 2 rings (SSSR count). The average molecular weight is 325 g/mol. The lowest BCUT2D eigenvalue weighted by molar-refractivity contribution is 0.0944. The Balaban J connectivity index is 2.08. The maximum atomic E-state index is 12.0. The van der Waals surface area contributed by atoms with Gasteiger partial charge in [-0.2, -0.15) is 5.10 Å². The number of carbonyl (C=O) groups is 1. The topological polar surface area (TPSA) is 69.0 Å². The molecule has 0 fully saturated rings. The van der Waals surface area contributed by atoms with E-state index in [9.17, 15) is 4.79 Å². The largest absolute Gasteiger partial charge is 0.480 e.